The molecule has 0 aliphatic heterocycles. The van der Waals surface area contributed by atoms with Gasteiger partial charge in [0.15, 0.2) is 11.4 Å². The van der Waals surface area contributed by atoms with Gasteiger partial charge in [-0.05, 0) is 59.0 Å². The number of aliphatic hydroxyl groups excluding tert-OH is 2. The molecule has 1 aromatic rings. The number of nitrogens with two attached hydrogens (primary N) is 2. The van der Waals surface area contributed by atoms with Crippen LogP contribution >= 0.6 is 22.6 Å². The summed E-state index contributed by atoms with van der Waals surface area (Å²) in [6.45, 7) is 0. The van der Waals surface area contributed by atoms with E-state index >= 15 is 0 Å². The van der Waals surface area contributed by atoms with Crippen molar-refractivity contribution in [1.82, 2.24) is 0 Å². The number of fused-ring (bicyclic) bond motifs is 3. The summed E-state index contributed by atoms with van der Waals surface area (Å²) < 4.78 is 0.761. The van der Waals surface area contributed by atoms with Crippen LogP contribution in [0.4, 0.5) is 0 Å². The number of Topliss-reactive ketones (excluding diaryl/α,β-unsaturated/α-hetero) is 2. The van der Waals surface area contributed by atoms with E-state index in [1.165, 1.54) is 6.07 Å². The summed E-state index contributed by atoms with van der Waals surface area (Å²) in [6.07, 6.45) is 0.254. The lowest BCUT2D eigenvalue weighted by atomic mass is 9.58. The van der Waals surface area contributed by atoms with E-state index in [1.54, 1.807) is 6.07 Å². The molecule has 8 N–H and O–H groups in total. The maximum absolute atomic E-state index is 13.3. The third-order valence-electron chi connectivity index (χ3n) is 6.08. The average Bonchev–Trinajstić information content (AvgIpc) is 2.65. The van der Waals surface area contributed by atoms with Crippen LogP contribution in [0.5, 0.6) is 5.75 Å². The largest absolute Gasteiger partial charge is 0.508 e. The maximum atomic E-state index is 13.3. The van der Waals surface area contributed by atoms with Crippen LogP contribution in [-0.4, -0.2) is 49.5 Å². The minimum absolute atomic E-state index is 0.00415. The Morgan fingerprint density at radius 2 is 1.86 bits per heavy atom. The molecule has 4 rings (SSSR count). The number of rotatable bonds is 1. The average molecular weight is 512 g/mol. The number of carbonyl (C=O) groups excluding carboxylic acids is 3. The summed E-state index contributed by atoms with van der Waals surface area (Å²) >= 11 is 2.04. The van der Waals surface area contributed by atoms with Crippen molar-refractivity contribution in [1.29, 1.82) is 0 Å². The van der Waals surface area contributed by atoms with Crippen molar-refractivity contribution >= 4 is 45.8 Å². The maximum Gasteiger partial charge on any atom is 0.255 e. The SMILES string of the molecule is NC(=O)C1=C(O)[C@@]2(O)C(=O)C3=C(O)c4c(O)ccc(I)c4CC3CC2[C@H](N)C1=O. The van der Waals surface area contributed by atoms with Crippen molar-refractivity contribution in [2.75, 3.05) is 0 Å². The summed E-state index contributed by atoms with van der Waals surface area (Å²) in [6, 6.07) is 1.60. The molecular weight excluding hydrogens is 495 g/mol. The number of phenolic OH excluding ortho intramolecular Hbond substituents is 1. The normalized spacial score (nSPS) is 31.3. The van der Waals surface area contributed by atoms with Crippen LogP contribution in [0.15, 0.2) is 29.0 Å². The second-order valence-corrected chi connectivity index (χ2v) is 8.66. The highest BCUT2D eigenvalue weighted by molar-refractivity contribution is 14.1. The second-order valence-electron chi connectivity index (χ2n) is 7.50. The van der Waals surface area contributed by atoms with E-state index in [9.17, 15) is 34.8 Å². The molecule has 0 saturated heterocycles. The number of phenols is 1. The van der Waals surface area contributed by atoms with Crippen LogP contribution in [-0.2, 0) is 20.8 Å². The zero-order valence-electron chi connectivity index (χ0n) is 14.8. The molecule has 0 radical (unpaired) electrons. The van der Waals surface area contributed by atoms with Gasteiger partial charge in [0.1, 0.15) is 22.8 Å². The predicted octanol–water partition coefficient (Wildman–Crippen LogP) is -0.0343. The topological polar surface area (TPSA) is 184 Å². The molecule has 1 amide bonds. The molecule has 0 heterocycles. The zero-order valence-corrected chi connectivity index (χ0v) is 17.0. The van der Waals surface area contributed by atoms with E-state index < -0.39 is 58.0 Å². The van der Waals surface area contributed by atoms with Gasteiger partial charge in [0.05, 0.1) is 11.6 Å². The van der Waals surface area contributed by atoms with Gasteiger partial charge in [-0.3, -0.25) is 14.4 Å². The number of primary amides is 1. The van der Waals surface area contributed by atoms with Crippen LogP contribution in [0.3, 0.4) is 0 Å². The standard InChI is InChI=1S/C19H17IN2O7/c20-8-1-2-9(23)11-6(8)3-5-4-7-13(21)15(25)12(18(22)28)17(27)19(7,29)16(26)10(5)14(11)24/h1-2,5,7,13,23-24,27,29H,3-4,21H2,(H2,22,28)/t5?,7?,13-,19-/m0/s1. The molecule has 1 fully saturated rings. The highest BCUT2D eigenvalue weighted by Crippen LogP contribution is 2.52. The van der Waals surface area contributed by atoms with Crippen LogP contribution in [0.1, 0.15) is 17.5 Å². The first-order valence-electron chi connectivity index (χ1n) is 8.76. The molecule has 10 heteroatoms. The van der Waals surface area contributed by atoms with Crippen molar-refractivity contribution in [3.05, 3.63) is 43.7 Å². The van der Waals surface area contributed by atoms with Crippen LogP contribution in [0.25, 0.3) is 5.76 Å². The zero-order chi connectivity index (χ0) is 21.4. The Hall–Kier alpha value is -2.44. The fraction of sp³-hybridized carbons (Fsp3) is 0.316. The Balaban J connectivity index is 1.98. The Labute approximate surface area is 177 Å². The number of hydrogen-bond donors (Lipinski definition) is 6. The number of halogens is 1. The molecule has 9 nitrogen and oxygen atoms in total. The van der Waals surface area contributed by atoms with Gasteiger partial charge in [-0.15, -0.1) is 0 Å². The lowest BCUT2D eigenvalue weighted by molar-refractivity contribution is -0.149. The lowest BCUT2D eigenvalue weighted by Gasteiger charge is -2.48. The van der Waals surface area contributed by atoms with Gasteiger partial charge >= 0.3 is 0 Å². The molecule has 0 aromatic heterocycles. The fourth-order valence-corrected chi connectivity index (χ4v) is 5.35. The van der Waals surface area contributed by atoms with Crippen molar-refractivity contribution < 1.29 is 34.8 Å². The van der Waals surface area contributed by atoms with Crippen LogP contribution < -0.4 is 11.5 Å². The Morgan fingerprint density at radius 1 is 1.21 bits per heavy atom. The number of carbonyl (C=O) groups is 3. The molecule has 1 saturated carbocycles. The first kappa shape index (κ1) is 19.9. The number of aliphatic hydroxyl groups is 3. The Morgan fingerprint density at radius 3 is 2.48 bits per heavy atom. The summed E-state index contributed by atoms with van der Waals surface area (Å²) in [5, 5.41) is 42.7. The lowest BCUT2D eigenvalue weighted by Crippen LogP contribution is -2.65. The van der Waals surface area contributed by atoms with Crippen molar-refractivity contribution in [2.24, 2.45) is 23.3 Å². The van der Waals surface area contributed by atoms with Gasteiger partial charge in [-0.2, -0.15) is 0 Å². The number of benzene rings is 1. The summed E-state index contributed by atoms with van der Waals surface area (Å²) in [5.74, 6) is -7.04. The molecule has 4 atom stereocenters. The van der Waals surface area contributed by atoms with Gasteiger partial charge in [0.2, 0.25) is 5.78 Å². The highest BCUT2D eigenvalue weighted by atomic mass is 127. The third-order valence-corrected chi connectivity index (χ3v) is 7.09. The quantitative estimate of drug-likeness (QED) is 0.224. The summed E-state index contributed by atoms with van der Waals surface area (Å²) in [7, 11) is 0. The van der Waals surface area contributed by atoms with E-state index in [0.717, 1.165) is 3.57 Å². The fourth-order valence-electron chi connectivity index (χ4n) is 4.68. The highest BCUT2D eigenvalue weighted by Gasteiger charge is 2.63. The number of amides is 1. The van der Waals surface area contributed by atoms with E-state index in [0.29, 0.717) is 5.56 Å². The first-order chi connectivity index (χ1) is 13.5. The minimum Gasteiger partial charge on any atom is -0.508 e. The predicted molar refractivity (Wildman–Crippen MR) is 107 cm³/mol. The molecular formula is C19H17IN2O7. The van der Waals surface area contributed by atoms with Crippen molar-refractivity contribution in [2.45, 2.75) is 24.5 Å². The van der Waals surface area contributed by atoms with Crippen molar-refractivity contribution in [3.63, 3.8) is 0 Å². The number of ketones is 2. The Kier molecular flexibility index (Phi) is 4.30. The van der Waals surface area contributed by atoms with E-state index in [-0.39, 0.29) is 29.7 Å². The minimum atomic E-state index is -2.67. The Bertz CT molecular complexity index is 1080. The molecule has 1 aromatic carbocycles. The van der Waals surface area contributed by atoms with Crippen LogP contribution in [0.2, 0.25) is 0 Å². The molecule has 3 aliphatic carbocycles. The van der Waals surface area contributed by atoms with Gasteiger partial charge in [-0.1, -0.05) is 0 Å². The third kappa shape index (κ3) is 2.42. The van der Waals surface area contributed by atoms with Gasteiger partial charge in [0.25, 0.3) is 5.91 Å². The van der Waals surface area contributed by atoms with Crippen molar-refractivity contribution in [3.8, 4) is 5.75 Å². The first-order valence-corrected chi connectivity index (χ1v) is 9.83. The second kappa shape index (κ2) is 6.28. The summed E-state index contributed by atoms with van der Waals surface area (Å²) in [4.78, 5) is 37.4. The molecule has 0 bridgehead atoms. The van der Waals surface area contributed by atoms with Crippen LogP contribution in [0, 0.1) is 15.4 Å². The molecule has 29 heavy (non-hydrogen) atoms. The van der Waals surface area contributed by atoms with Gasteiger partial charge in [0, 0.05) is 15.1 Å². The van der Waals surface area contributed by atoms with Gasteiger partial charge < -0.3 is 31.9 Å². The summed E-state index contributed by atoms with van der Waals surface area (Å²) in [5.41, 5.74) is 8.01. The number of hydrogen-bond acceptors (Lipinski definition) is 8. The van der Waals surface area contributed by atoms with E-state index in [4.69, 9.17) is 11.5 Å². The molecule has 152 valence electrons. The van der Waals surface area contributed by atoms with Gasteiger partial charge in [-0.25, -0.2) is 0 Å². The smallest absolute Gasteiger partial charge is 0.255 e. The van der Waals surface area contributed by atoms with E-state index in [1.807, 2.05) is 22.6 Å². The molecule has 0 spiro atoms. The molecule has 3 aliphatic rings. The van der Waals surface area contributed by atoms with E-state index in [2.05, 4.69) is 0 Å². The number of aromatic hydroxyl groups is 1. The molecule has 2 unspecified atom stereocenters. The monoisotopic (exact) mass is 512 g/mol.